The average Bonchev–Trinajstić information content (AvgIpc) is 2.01. The number of hydrogen-bond acceptors (Lipinski definition) is 3. The van der Waals surface area contributed by atoms with Crippen LogP contribution in [0.3, 0.4) is 0 Å². The summed E-state index contributed by atoms with van der Waals surface area (Å²) in [5, 5.41) is 2.83. The van der Waals surface area contributed by atoms with Crippen molar-refractivity contribution in [2.45, 2.75) is 18.8 Å². The SMILES string of the molecule is [B]C[C@H](CC(=O)OPP)NP. The molecule has 11 heavy (non-hydrogen) atoms. The fourth-order valence-corrected chi connectivity index (χ4v) is 1.38. The standard InChI is InChI=1S/C4H11BNO2P3/c5-2-3(6-9)1-4(7)8-11-10/h3,6,11H,1-2,9-10H2/t3-/m0/s1. The van der Waals surface area contributed by atoms with Crippen molar-refractivity contribution in [1.82, 2.24) is 5.09 Å². The van der Waals surface area contributed by atoms with Crippen LogP contribution in [0.15, 0.2) is 0 Å². The van der Waals surface area contributed by atoms with Gasteiger partial charge in [0.2, 0.25) is 0 Å². The van der Waals surface area contributed by atoms with Crippen molar-refractivity contribution in [3.8, 4) is 0 Å². The molecule has 3 unspecified atom stereocenters. The zero-order valence-electron chi connectivity index (χ0n) is 6.04. The molecule has 62 valence electrons. The lowest BCUT2D eigenvalue weighted by molar-refractivity contribution is -0.133. The van der Waals surface area contributed by atoms with Crippen molar-refractivity contribution in [2.24, 2.45) is 0 Å². The topological polar surface area (TPSA) is 38.3 Å². The third-order valence-electron chi connectivity index (χ3n) is 1.11. The van der Waals surface area contributed by atoms with Gasteiger partial charge in [0.15, 0.2) is 0 Å². The molecule has 0 aliphatic carbocycles. The van der Waals surface area contributed by atoms with Gasteiger partial charge in [-0.25, -0.2) is 0 Å². The first kappa shape index (κ1) is 11.8. The molecule has 3 nitrogen and oxygen atoms in total. The lowest BCUT2D eigenvalue weighted by atomic mass is 9.96. The molecule has 0 fully saturated rings. The maximum absolute atomic E-state index is 10.8. The molecule has 0 saturated heterocycles. The van der Waals surface area contributed by atoms with E-state index in [-0.39, 0.29) is 20.5 Å². The Bertz CT molecular complexity index is 122. The summed E-state index contributed by atoms with van der Waals surface area (Å²) in [6, 6.07) is -0.00569. The fourth-order valence-electron chi connectivity index (χ4n) is 0.519. The zero-order valence-corrected chi connectivity index (χ0v) is 9.35. The first-order valence-electron chi connectivity index (χ1n) is 3.06. The summed E-state index contributed by atoms with van der Waals surface area (Å²) in [4.78, 5) is 10.8. The fraction of sp³-hybridized carbons (Fsp3) is 0.750. The van der Waals surface area contributed by atoms with Gasteiger partial charge >= 0.3 is 5.97 Å². The van der Waals surface area contributed by atoms with E-state index in [4.69, 9.17) is 12.4 Å². The Morgan fingerprint density at radius 1 is 1.82 bits per heavy atom. The number of carbonyl (C=O) groups is 1. The molecule has 0 rings (SSSR count). The Morgan fingerprint density at radius 3 is 2.82 bits per heavy atom. The summed E-state index contributed by atoms with van der Waals surface area (Å²) >= 11 is 0. The maximum Gasteiger partial charge on any atom is 0.310 e. The molecular weight excluding hydrogens is 198 g/mol. The highest BCUT2D eigenvalue weighted by atomic mass is 32.0. The monoisotopic (exact) mass is 209 g/mol. The van der Waals surface area contributed by atoms with E-state index in [0.717, 1.165) is 0 Å². The minimum atomic E-state index is -0.219. The van der Waals surface area contributed by atoms with Crippen LogP contribution in [-0.2, 0) is 9.32 Å². The van der Waals surface area contributed by atoms with Crippen LogP contribution >= 0.6 is 26.8 Å². The third kappa shape index (κ3) is 5.99. The Morgan fingerprint density at radius 2 is 2.45 bits per heavy atom. The molecule has 0 aromatic carbocycles. The molecule has 0 aromatic heterocycles. The summed E-state index contributed by atoms with van der Waals surface area (Å²) in [6.45, 7) is 0. The Hall–Kier alpha value is 0.785. The van der Waals surface area contributed by atoms with Gasteiger partial charge < -0.3 is 4.52 Å². The quantitative estimate of drug-likeness (QED) is 0.533. The van der Waals surface area contributed by atoms with E-state index in [9.17, 15) is 4.79 Å². The second-order valence-corrected chi connectivity index (χ2v) is 3.38. The molecular formula is C4H11BNO2P3. The van der Waals surface area contributed by atoms with Crippen molar-refractivity contribution < 1.29 is 9.32 Å². The summed E-state index contributed by atoms with van der Waals surface area (Å²) in [6.07, 6.45) is 0.750. The van der Waals surface area contributed by atoms with Gasteiger partial charge in [0.05, 0.1) is 22.8 Å². The van der Waals surface area contributed by atoms with E-state index >= 15 is 0 Å². The van der Waals surface area contributed by atoms with E-state index in [0.29, 0.717) is 12.7 Å². The number of carbonyl (C=O) groups excluding carboxylic acids is 1. The third-order valence-corrected chi connectivity index (χ3v) is 2.28. The van der Waals surface area contributed by atoms with Crippen molar-refractivity contribution >= 4 is 40.6 Å². The summed E-state index contributed by atoms with van der Waals surface area (Å²) in [7, 11) is 10.1. The van der Waals surface area contributed by atoms with Crippen LogP contribution in [0.4, 0.5) is 0 Å². The number of rotatable bonds is 5. The Balaban J connectivity index is 3.54. The molecule has 2 radical (unpaired) electrons. The lowest BCUT2D eigenvalue weighted by Crippen LogP contribution is -2.23. The van der Waals surface area contributed by atoms with Crippen LogP contribution < -0.4 is 5.09 Å². The highest BCUT2D eigenvalue weighted by Crippen LogP contribution is 2.22. The van der Waals surface area contributed by atoms with Gasteiger partial charge in [-0.05, 0) is 0 Å². The molecule has 7 heteroatoms. The minimum Gasteiger partial charge on any atom is -0.444 e. The van der Waals surface area contributed by atoms with Crippen LogP contribution in [0, 0.1) is 0 Å². The van der Waals surface area contributed by atoms with Gasteiger partial charge in [-0.15, -0.1) is 0 Å². The van der Waals surface area contributed by atoms with Gasteiger partial charge in [-0.1, -0.05) is 24.6 Å². The van der Waals surface area contributed by atoms with E-state index in [1.54, 1.807) is 0 Å². The molecule has 0 saturated carbocycles. The number of hydrogen-bond donors (Lipinski definition) is 1. The van der Waals surface area contributed by atoms with E-state index in [1.165, 1.54) is 0 Å². The maximum atomic E-state index is 10.8. The molecule has 0 bridgehead atoms. The van der Waals surface area contributed by atoms with Crippen molar-refractivity contribution in [1.29, 1.82) is 0 Å². The van der Waals surface area contributed by atoms with Gasteiger partial charge in [0, 0.05) is 6.04 Å². The highest BCUT2D eigenvalue weighted by Gasteiger charge is 2.09. The molecule has 0 amide bonds. The van der Waals surface area contributed by atoms with Gasteiger partial charge in [0.1, 0.15) is 0 Å². The molecule has 0 aliphatic heterocycles. The summed E-state index contributed by atoms with van der Waals surface area (Å²) < 4.78 is 4.72. The predicted molar refractivity (Wildman–Crippen MR) is 55.9 cm³/mol. The predicted octanol–water partition coefficient (Wildman–Crippen LogP) is 0.638. The van der Waals surface area contributed by atoms with Crippen LogP contribution in [0.1, 0.15) is 6.42 Å². The van der Waals surface area contributed by atoms with Crippen LogP contribution in [-0.4, -0.2) is 19.9 Å². The van der Waals surface area contributed by atoms with Crippen LogP contribution in [0.5, 0.6) is 0 Å². The second-order valence-electron chi connectivity index (χ2n) is 1.90. The largest absolute Gasteiger partial charge is 0.444 e. The molecule has 0 aromatic rings. The normalized spacial score (nSPS) is 13.6. The van der Waals surface area contributed by atoms with Crippen LogP contribution in [0.2, 0.25) is 6.32 Å². The average molecular weight is 209 g/mol. The summed E-state index contributed by atoms with van der Waals surface area (Å²) in [5.74, 6) is -0.219. The van der Waals surface area contributed by atoms with Crippen molar-refractivity contribution in [2.75, 3.05) is 0 Å². The zero-order chi connectivity index (χ0) is 8.69. The molecule has 1 N–H and O–H groups in total. The van der Waals surface area contributed by atoms with Crippen LogP contribution in [0.25, 0.3) is 0 Å². The Kier molecular flexibility index (Phi) is 7.97. The van der Waals surface area contributed by atoms with E-state index < -0.39 is 0 Å². The minimum absolute atomic E-state index is 0.00569. The van der Waals surface area contributed by atoms with Gasteiger partial charge in [-0.3, -0.25) is 9.88 Å². The molecule has 0 heterocycles. The van der Waals surface area contributed by atoms with Gasteiger partial charge in [-0.2, -0.15) is 0 Å². The van der Waals surface area contributed by atoms with E-state index in [2.05, 4.69) is 23.4 Å². The number of nitrogens with one attached hydrogen (secondary N) is 1. The van der Waals surface area contributed by atoms with Crippen molar-refractivity contribution in [3.63, 3.8) is 0 Å². The molecule has 0 spiro atoms. The highest BCUT2D eigenvalue weighted by molar-refractivity contribution is 8.00. The second kappa shape index (κ2) is 7.43. The lowest BCUT2D eigenvalue weighted by Gasteiger charge is -2.11. The van der Waals surface area contributed by atoms with Crippen molar-refractivity contribution in [3.05, 3.63) is 0 Å². The molecule has 4 atom stereocenters. The molecule has 0 aliphatic rings. The van der Waals surface area contributed by atoms with Gasteiger partial charge in [0.25, 0.3) is 0 Å². The first-order chi connectivity index (χ1) is 5.24. The van der Waals surface area contributed by atoms with E-state index in [1.807, 2.05) is 0 Å². The first-order valence-corrected chi connectivity index (χ1v) is 6.35. The Labute approximate surface area is 74.4 Å². The summed E-state index contributed by atoms with van der Waals surface area (Å²) in [5.41, 5.74) is 0. The smallest absolute Gasteiger partial charge is 0.310 e.